The minimum absolute atomic E-state index is 0.238. The Kier molecular flexibility index (Phi) is 2.11. The summed E-state index contributed by atoms with van der Waals surface area (Å²) in [5, 5.41) is 4.27. The molecular weight excluding hydrogens is 220 g/mol. The van der Waals surface area contributed by atoms with Gasteiger partial charge in [0.2, 0.25) is 6.79 Å². The van der Waals surface area contributed by atoms with Crippen molar-refractivity contribution in [3.8, 4) is 22.8 Å². The molecule has 0 N–H and O–H groups in total. The SMILES string of the molecule is Cn1cc(C=O)c(-c2ccc3c(c2)OCO3)n1. The number of rotatable bonds is 2. The molecule has 17 heavy (non-hydrogen) atoms. The first-order valence-electron chi connectivity index (χ1n) is 5.17. The van der Waals surface area contributed by atoms with Gasteiger partial charge >= 0.3 is 0 Å². The molecule has 0 fully saturated rings. The summed E-state index contributed by atoms with van der Waals surface area (Å²) in [6, 6.07) is 5.52. The first-order chi connectivity index (χ1) is 8.28. The number of hydrogen-bond donors (Lipinski definition) is 0. The second kappa shape index (κ2) is 3.62. The van der Waals surface area contributed by atoms with E-state index in [0.717, 1.165) is 17.6 Å². The highest BCUT2D eigenvalue weighted by Gasteiger charge is 2.16. The predicted molar refractivity (Wildman–Crippen MR) is 60.2 cm³/mol. The summed E-state index contributed by atoms with van der Waals surface area (Å²) in [4.78, 5) is 10.9. The van der Waals surface area contributed by atoms with Crippen LogP contribution in [0.2, 0.25) is 0 Å². The molecule has 0 spiro atoms. The van der Waals surface area contributed by atoms with E-state index in [-0.39, 0.29) is 6.79 Å². The summed E-state index contributed by atoms with van der Waals surface area (Å²) in [6.07, 6.45) is 2.49. The standard InChI is InChI=1S/C12H10N2O3/c1-14-5-9(6-15)12(13-14)8-2-3-10-11(4-8)17-7-16-10/h2-6H,7H2,1H3. The fourth-order valence-electron chi connectivity index (χ4n) is 1.86. The van der Waals surface area contributed by atoms with E-state index >= 15 is 0 Å². The topological polar surface area (TPSA) is 53.4 Å². The number of hydrogen-bond acceptors (Lipinski definition) is 4. The Hall–Kier alpha value is -2.30. The van der Waals surface area contributed by atoms with Gasteiger partial charge in [-0.3, -0.25) is 9.48 Å². The van der Waals surface area contributed by atoms with Crippen molar-refractivity contribution in [2.45, 2.75) is 0 Å². The van der Waals surface area contributed by atoms with E-state index in [2.05, 4.69) is 5.10 Å². The van der Waals surface area contributed by atoms with Crippen LogP contribution in [0.3, 0.4) is 0 Å². The molecule has 0 aliphatic carbocycles. The number of carbonyl (C=O) groups is 1. The largest absolute Gasteiger partial charge is 0.454 e. The molecule has 1 aromatic carbocycles. The van der Waals surface area contributed by atoms with Crippen molar-refractivity contribution >= 4 is 6.29 Å². The molecule has 0 radical (unpaired) electrons. The van der Waals surface area contributed by atoms with E-state index in [1.54, 1.807) is 17.9 Å². The van der Waals surface area contributed by atoms with Crippen molar-refractivity contribution < 1.29 is 14.3 Å². The minimum Gasteiger partial charge on any atom is -0.454 e. The Bertz CT molecular complexity index is 589. The fourth-order valence-corrected chi connectivity index (χ4v) is 1.86. The minimum atomic E-state index is 0.238. The zero-order valence-electron chi connectivity index (χ0n) is 9.21. The summed E-state index contributed by atoms with van der Waals surface area (Å²) in [5.41, 5.74) is 2.06. The summed E-state index contributed by atoms with van der Waals surface area (Å²) >= 11 is 0. The van der Waals surface area contributed by atoms with E-state index in [0.29, 0.717) is 17.0 Å². The van der Waals surface area contributed by atoms with Crippen LogP contribution in [0.15, 0.2) is 24.4 Å². The van der Waals surface area contributed by atoms with Crippen LogP contribution in [-0.4, -0.2) is 22.9 Å². The Morgan fingerprint density at radius 2 is 2.18 bits per heavy atom. The lowest BCUT2D eigenvalue weighted by atomic mass is 10.1. The second-order valence-corrected chi connectivity index (χ2v) is 3.79. The van der Waals surface area contributed by atoms with Gasteiger partial charge in [0.05, 0.1) is 5.56 Å². The predicted octanol–water partition coefficient (Wildman–Crippen LogP) is 1.63. The second-order valence-electron chi connectivity index (χ2n) is 3.79. The Morgan fingerprint density at radius 1 is 1.35 bits per heavy atom. The molecule has 1 aromatic heterocycles. The summed E-state index contributed by atoms with van der Waals surface area (Å²) in [7, 11) is 1.78. The molecule has 1 aliphatic heterocycles. The van der Waals surface area contributed by atoms with Crippen molar-refractivity contribution in [1.82, 2.24) is 9.78 Å². The van der Waals surface area contributed by atoms with Gasteiger partial charge in [-0.15, -0.1) is 0 Å². The van der Waals surface area contributed by atoms with Gasteiger partial charge in [-0.1, -0.05) is 0 Å². The van der Waals surface area contributed by atoms with E-state index in [4.69, 9.17) is 9.47 Å². The Balaban J connectivity index is 2.12. The number of carbonyl (C=O) groups excluding carboxylic acids is 1. The van der Waals surface area contributed by atoms with Crippen LogP contribution in [0.1, 0.15) is 10.4 Å². The number of aryl methyl sites for hydroxylation is 1. The van der Waals surface area contributed by atoms with Gasteiger partial charge in [-0.2, -0.15) is 5.10 Å². The van der Waals surface area contributed by atoms with Crippen LogP contribution in [0.4, 0.5) is 0 Å². The van der Waals surface area contributed by atoms with Crippen LogP contribution >= 0.6 is 0 Å². The molecule has 86 valence electrons. The highest BCUT2D eigenvalue weighted by atomic mass is 16.7. The summed E-state index contributed by atoms with van der Waals surface area (Å²) < 4.78 is 12.1. The molecule has 0 atom stereocenters. The lowest BCUT2D eigenvalue weighted by Gasteiger charge is -2.00. The van der Waals surface area contributed by atoms with Crippen LogP contribution in [0.5, 0.6) is 11.5 Å². The lowest BCUT2D eigenvalue weighted by molar-refractivity contribution is 0.112. The number of aromatic nitrogens is 2. The third-order valence-corrected chi connectivity index (χ3v) is 2.63. The molecule has 2 heterocycles. The van der Waals surface area contributed by atoms with E-state index < -0.39 is 0 Å². The Labute approximate surface area is 97.6 Å². The van der Waals surface area contributed by atoms with Gasteiger partial charge < -0.3 is 9.47 Å². The van der Waals surface area contributed by atoms with Crippen LogP contribution in [0, 0.1) is 0 Å². The smallest absolute Gasteiger partial charge is 0.231 e. The van der Waals surface area contributed by atoms with Crippen LogP contribution in [0.25, 0.3) is 11.3 Å². The molecule has 3 rings (SSSR count). The van der Waals surface area contributed by atoms with Gasteiger partial charge in [-0.25, -0.2) is 0 Å². The van der Waals surface area contributed by atoms with Gasteiger partial charge in [0, 0.05) is 18.8 Å². The van der Waals surface area contributed by atoms with Crippen LogP contribution in [-0.2, 0) is 7.05 Å². The van der Waals surface area contributed by atoms with E-state index in [9.17, 15) is 4.79 Å². The Morgan fingerprint density at radius 3 is 3.00 bits per heavy atom. The fraction of sp³-hybridized carbons (Fsp3) is 0.167. The van der Waals surface area contributed by atoms with Crippen molar-refractivity contribution in [3.63, 3.8) is 0 Å². The van der Waals surface area contributed by atoms with Crippen molar-refractivity contribution in [1.29, 1.82) is 0 Å². The lowest BCUT2D eigenvalue weighted by Crippen LogP contribution is -1.92. The molecule has 0 bridgehead atoms. The maximum absolute atomic E-state index is 10.9. The van der Waals surface area contributed by atoms with Crippen LogP contribution < -0.4 is 9.47 Å². The zero-order valence-corrected chi connectivity index (χ0v) is 9.21. The van der Waals surface area contributed by atoms with Gasteiger partial charge in [-0.05, 0) is 18.2 Å². The summed E-state index contributed by atoms with van der Waals surface area (Å²) in [6.45, 7) is 0.238. The highest BCUT2D eigenvalue weighted by molar-refractivity contribution is 5.85. The van der Waals surface area contributed by atoms with Gasteiger partial charge in [0.1, 0.15) is 5.69 Å². The number of fused-ring (bicyclic) bond motifs is 1. The number of aldehydes is 1. The quantitative estimate of drug-likeness (QED) is 0.736. The first kappa shape index (κ1) is 9.89. The number of nitrogens with zero attached hydrogens (tertiary/aromatic N) is 2. The average Bonchev–Trinajstić information content (AvgIpc) is 2.93. The monoisotopic (exact) mass is 230 g/mol. The molecule has 0 saturated carbocycles. The molecule has 0 unspecified atom stereocenters. The normalized spacial score (nSPS) is 12.8. The molecule has 0 saturated heterocycles. The molecule has 5 heteroatoms. The molecule has 2 aromatic rings. The highest BCUT2D eigenvalue weighted by Crippen LogP contribution is 2.35. The maximum Gasteiger partial charge on any atom is 0.231 e. The first-order valence-corrected chi connectivity index (χ1v) is 5.17. The average molecular weight is 230 g/mol. The van der Waals surface area contributed by atoms with Gasteiger partial charge in [0.25, 0.3) is 0 Å². The number of ether oxygens (including phenoxy) is 2. The maximum atomic E-state index is 10.9. The van der Waals surface area contributed by atoms with Crippen molar-refractivity contribution in [2.24, 2.45) is 7.05 Å². The third-order valence-electron chi connectivity index (χ3n) is 2.63. The van der Waals surface area contributed by atoms with Crippen molar-refractivity contribution in [2.75, 3.05) is 6.79 Å². The molecular formula is C12H10N2O3. The van der Waals surface area contributed by atoms with Crippen molar-refractivity contribution in [3.05, 3.63) is 30.0 Å². The summed E-state index contributed by atoms with van der Waals surface area (Å²) in [5.74, 6) is 1.40. The molecule has 0 amide bonds. The van der Waals surface area contributed by atoms with Gasteiger partial charge in [0.15, 0.2) is 17.8 Å². The number of benzene rings is 1. The van der Waals surface area contributed by atoms with E-state index in [1.807, 2.05) is 18.2 Å². The zero-order chi connectivity index (χ0) is 11.8. The third kappa shape index (κ3) is 1.56. The molecule has 1 aliphatic rings. The van der Waals surface area contributed by atoms with E-state index in [1.165, 1.54) is 0 Å². The molecule has 5 nitrogen and oxygen atoms in total.